The number of nitrogens with one attached hydrogen (secondary N) is 6. The molecular weight excluding hydrogens is 1730 g/mol. The number of carbonyl (C=O) groups is 8. The van der Waals surface area contributed by atoms with Crippen molar-refractivity contribution < 1.29 is 66.8 Å². The van der Waals surface area contributed by atoms with Crippen molar-refractivity contribution in [2.75, 3.05) is 77.0 Å². The van der Waals surface area contributed by atoms with Crippen LogP contribution in [-0.4, -0.2) is 183 Å². The van der Waals surface area contributed by atoms with Gasteiger partial charge in [0.15, 0.2) is 22.8 Å². The fourth-order valence-corrected chi connectivity index (χ4v) is 15.8. The minimum absolute atomic E-state index is 0.0427. The van der Waals surface area contributed by atoms with Crippen LogP contribution in [0.1, 0.15) is 167 Å². The summed E-state index contributed by atoms with van der Waals surface area (Å²) in [4.78, 5) is 119. The molecule has 2 fully saturated rings. The van der Waals surface area contributed by atoms with Crippen molar-refractivity contribution in [2.24, 2.45) is 11.8 Å². The number of ether oxygens (including phenoxy) is 6. The van der Waals surface area contributed by atoms with Gasteiger partial charge in [0.05, 0.1) is 126 Å². The van der Waals surface area contributed by atoms with Gasteiger partial charge in [0, 0.05) is 88.6 Å². The molecule has 36 nitrogen and oxygen atoms in total. The fourth-order valence-electron chi connectivity index (χ4n) is 15.8. The van der Waals surface area contributed by atoms with Crippen LogP contribution in [0, 0.1) is 11.8 Å². The van der Waals surface area contributed by atoms with Crippen molar-refractivity contribution in [3.8, 4) is 0 Å². The Morgan fingerprint density at radius 2 is 0.618 bits per heavy atom. The van der Waals surface area contributed by atoms with Crippen molar-refractivity contribution >= 4 is 113 Å². The SMILES string of the molecule is COCc1cn(Cc2ccc(C(=O)Nc3cccnc3C(=O)NCC3CCC3)c3ccccc23)nn1.COCc1cn(Cc2ccc(C(=O)Nc3cccnc3C(=O)OC)c3ccccc23)nn1.COCc1cnnn1Cc1ccc(C(=O)Nc2cccnc2C(=O)NCC2CCC2)c2ccccc12.COCc1cnnn1Cc1ccc(C(=O)Nc2cccnc2C(=O)OC)c2ccccc12. The van der Waals surface area contributed by atoms with E-state index in [0.29, 0.717) is 111 Å². The zero-order valence-electron chi connectivity index (χ0n) is 75.4. The van der Waals surface area contributed by atoms with Gasteiger partial charge in [-0.1, -0.05) is 155 Å². The predicted molar refractivity (Wildman–Crippen MR) is 506 cm³/mol. The van der Waals surface area contributed by atoms with E-state index in [-0.39, 0.29) is 69.6 Å². The number of methoxy groups -OCH3 is 6. The van der Waals surface area contributed by atoms with E-state index in [0.717, 1.165) is 114 Å². The molecule has 0 unspecified atom stereocenters. The third-order valence-corrected chi connectivity index (χ3v) is 23.0. The summed E-state index contributed by atoms with van der Waals surface area (Å²) in [5.41, 5.74) is 11.0. The molecule has 6 N–H and O–H groups in total. The first-order valence-corrected chi connectivity index (χ1v) is 43.8. The van der Waals surface area contributed by atoms with Crippen LogP contribution >= 0.6 is 0 Å². The second-order valence-corrected chi connectivity index (χ2v) is 32.0. The van der Waals surface area contributed by atoms with Gasteiger partial charge in [0.25, 0.3) is 35.4 Å². The molecule has 136 heavy (non-hydrogen) atoms. The normalized spacial score (nSPS) is 12.2. The number of rotatable bonds is 32. The van der Waals surface area contributed by atoms with Gasteiger partial charge in [-0.3, -0.25) is 28.8 Å². The molecule has 18 rings (SSSR count). The van der Waals surface area contributed by atoms with Crippen LogP contribution in [0.25, 0.3) is 43.1 Å². The standard InChI is InChI=1S/2C27H28N6O3.2C23H21N5O4/c1-36-17-20-15-30-32-33(20)16-19-11-12-23(22-9-3-2-8-21(19)22)26(34)31-24-10-5-13-28-25(24)27(35)29-14-18-6-4-7-18;1-36-17-20-16-33(32-31-20)15-19-11-12-23(22-9-3-2-8-21(19)22)26(34)30-24-10-5-13-28-25(24)27(35)29-14-18-6-4-7-18;1-31-14-16-12-25-27-28(16)13-15-9-10-19(18-7-4-3-6-17(15)18)22(29)26-20-8-5-11-24-21(20)23(30)32-2;1-31-14-16-13-28(27-26-16)12-15-9-10-19(18-7-4-3-6-17(15)18)22(29)25-20-8-5-11-24-21(20)23(30)32-2/h2-3,5,8-13,15,18H,4,6-7,14,16-17H2,1H3,(H,29,35)(H,31,34);2-3,5,8-13,16,18H,4,6-7,14-15,17H2,1H3,(H,29,35)(H,30,34);3-12H,13-14H2,1-2H3,(H,26,29);3-11,13H,12,14H2,1-2H3,(H,25,29). The highest BCUT2D eigenvalue weighted by atomic mass is 16.5. The van der Waals surface area contributed by atoms with Gasteiger partial charge in [-0.15, -0.1) is 20.4 Å². The highest BCUT2D eigenvalue weighted by molar-refractivity contribution is 6.18. The number of amides is 6. The molecule has 2 aliphatic rings. The third-order valence-electron chi connectivity index (χ3n) is 23.0. The Kier molecular flexibility index (Phi) is 31.6. The van der Waals surface area contributed by atoms with Crippen LogP contribution in [-0.2, 0) is 81.0 Å². The lowest BCUT2D eigenvalue weighted by Crippen LogP contribution is -2.33. The number of hydrogen-bond donors (Lipinski definition) is 6. The maximum absolute atomic E-state index is 13.4. The summed E-state index contributed by atoms with van der Waals surface area (Å²) in [6.45, 7) is 4.84. The Labute approximate surface area is 780 Å². The second-order valence-electron chi connectivity index (χ2n) is 32.0. The van der Waals surface area contributed by atoms with Crippen LogP contribution in [0.15, 0.2) is 244 Å². The van der Waals surface area contributed by atoms with Crippen molar-refractivity contribution in [3.63, 3.8) is 0 Å². The third kappa shape index (κ3) is 23.0. The monoisotopic (exact) mass is 1830 g/mol. The lowest BCUT2D eigenvalue weighted by Gasteiger charge is -2.25. The molecule has 6 amide bonds. The summed E-state index contributed by atoms with van der Waals surface area (Å²) in [6.07, 6.45) is 20.1. The van der Waals surface area contributed by atoms with Gasteiger partial charge in [0.2, 0.25) is 0 Å². The Hall–Kier alpha value is -16.4. The molecule has 2 saturated carbocycles. The minimum atomic E-state index is -0.624. The topological polar surface area (TPSA) is 439 Å². The van der Waals surface area contributed by atoms with E-state index in [1.165, 1.54) is 39.5 Å². The lowest BCUT2D eigenvalue weighted by atomic mass is 9.85. The van der Waals surface area contributed by atoms with Gasteiger partial charge < -0.3 is 60.3 Å². The summed E-state index contributed by atoms with van der Waals surface area (Å²) in [5, 5.41) is 56.9. The van der Waals surface area contributed by atoms with Gasteiger partial charge in [-0.2, -0.15) is 0 Å². The van der Waals surface area contributed by atoms with Crippen LogP contribution in [0.5, 0.6) is 0 Å². The molecule has 8 aromatic carbocycles. The second kappa shape index (κ2) is 45.6. The fraction of sp³-hybridized carbons (Fsp3) is 0.240. The van der Waals surface area contributed by atoms with Crippen molar-refractivity contribution in [3.05, 3.63) is 334 Å². The number of hydrogen-bond acceptors (Lipinski definition) is 26. The Balaban J connectivity index is 0.000000138. The number of anilines is 4. The van der Waals surface area contributed by atoms with E-state index in [1.807, 2.05) is 134 Å². The van der Waals surface area contributed by atoms with E-state index >= 15 is 0 Å². The molecule has 0 radical (unpaired) electrons. The summed E-state index contributed by atoms with van der Waals surface area (Å²) in [5.74, 6) is -2.06. The molecule has 692 valence electrons. The van der Waals surface area contributed by atoms with Crippen LogP contribution in [0.4, 0.5) is 22.7 Å². The summed E-state index contributed by atoms with van der Waals surface area (Å²) in [6, 6.07) is 58.8. The summed E-state index contributed by atoms with van der Waals surface area (Å²) < 4.78 is 37.2. The zero-order chi connectivity index (χ0) is 94.8. The Morgan fingerprint density at radius 3 is 0.912 bits per heavy atom. The molecule has 8 heterocycles. The first-order chi connectivity index (χ1) is 66.5. The molecule has 0 spiro atoms. The highest BCUT2D eigenvalue weighted by Crippen LogP contribution is 2.33. The van der Waals surface area contributed by atoms with Crippen molar-refractivity contribution in [1.82, 2.24) is 90.5 Å². The van der Waals surface area contributed by atoms with E-state index in [9.17, 15) is 38.4 Å². The van der Waals surface area contributed by atoms with E-state index in [1.54, 1.807) is 145 Å². The lowest BCUT2D eigenvalue weighted by molar-refractivity contribution is 0.0586. The van der Waals surface area contributed by atoms with Crippen molar-refractivity contribution in [2.45, 2.75) is 91.1 Å². The number of fused-ring (bicyclic) bond motifs is 4. The maximum Gasteiger partial charge on any atom is 0.358 e. The van der Waals surface area contributed by atoms with Gasteiger partial charge in [-0.25, -0.2) is 48.3 Å². The zero-order valence-corrected chi connectivity index (χ0v) is 75.4. The molecule has 0 aliphatic heterocycles. The average Bonchev–Trinajstić information content (AvgIpc) is 1.01. The Morgan fingerprint density at radius 1 is 0.324 bits per heavy atom. The molecule has 2 aliphatic carbocycles. The molecule has 0 saturated heterocycles. The number of aromatic nitrogens is 16. The van der Waals surface area contributed by atoms with Crippen LogP contribution in [0.2, 0.25) is 0 Å². The van der Waals surface area contributed by atoms with E-state index < -0.39 is 11.9 Å². The molecule has 16 aromatic rings. The Bertz CT molecular complexity index is 7010. The van der Waals surface area contributed by atoms with E-state index in [2.05, 4.69) is 93.1 Å². The first kappa shape index (κ1) is 94.2. The van der Waals surface area contributed by atoms with Crippen molar-refractivity contribution in [1.29, 1.82) is 0 Å². The number of nitrogens with zero attached hydrogens (tertiary/aromatic N) is 16. The number of pyridine rings is 4. The molecule has 0 atom stereocenters. The molecule has 0 bridgehead atoms. The molecular formula is C100H98N22O14. The number of benzene rings is 8. The number of esters is 2. The number of carbonyl (C=O) groups excluding carboxylic acids is 8. The highest BCUT2D eigenvalue weighted by Gasteiger charge is 2.27. The largest absolute Gasteiger partial charge is 0.464 e. The van der Waals surface area contributed by atoms with E-state index in [4.69, 9.17) is 28.4 Å². The minimum Gasteiger partial charge on any atom is -0.464 e. The smallest absolute Gasteiger partial charge is 0.358 e. The predicted octanol–water partition coefficient (Wildman–Crippen LogP) is 13.7. The molecule has 36 heteroatoms. The van der Waals surface area contributed by atoms with Gasteiger partial charge in [-0.05, 0) is 176 Å². The summed E-state index contributed by atoms with van der Waals surface area (Å²) >= 11 is 0. The summed E-state index contributed by atoms with van der Waals surface area (Å²) in [7, 11) is 9.01. The first-order valence-electron chi connectivity index (χ1n) is 43.8. The average molecular weight is 1830 g/mol. The van der Waals surface area contributed by atoms with Gasteiger partial charge in [0.1, 0.15) is 11.4 Å². The maximum atomic E-state index is 13.4. The van der Waals surface area contributed by atoms with Crippen LogP contribution in [0.3, 0.4) is 0 Å². The van der Waals surface area contributed by atoms with Gasteiger partial charge >= 0.3 is 11.9 Å². The molecule has 8 aromatic heterocycles. The van der Waals surface area contributed by atoms with Crippen LogP contribution < -0.4 is 31.9 Å². The quantitative estimate of drug-likeness (QED) is 0.0213.